The standard InChI is InChI=1S/C22H34N6O2S/c1-3-18-10-19-20(31-18)4-8-30-22(19)5-7-27(16(2)11-22)12-17-13-28(26-25-17)15-24-21-14-29-9-6-23-21/h10,13,16,21,23-24H,3-9,11-12,14-15H2,1-2H3/t16-,21?,22+/m0/s1. The van der Waals surface area contributed by atoms with E-state index in [9.17, 15) is 0 Å². The van der Waals surface area contributed by atoms with Crippen molar-refractivity contribution in [1.29, 1.82) is 0 Å². The van der Waals surface area contributed by atoms with Gasteiger partial charge in [-0.1, -0.05) is 12.1 Å². The van der Waals surface area contributed by atoms with Gasteiger partial charge in [0.15, 0.2) is 0 Å². The monoisotopic (exact) mass is 446 g/mol. The summed E-state index contributed by atoms with van der Waals surface area (Å²) < 4.78 is 13.8. The summed E-state index contributed by atoms with van der Waals surface area (Å²) in [5.41, 5.74) is 2.40. The van der Waals surface area contributed by atoms with Gasteiger partial charge in [0, 0.05) is 41.9 Å². The number of hydrogen-bond donors (Lipinski definition) is 2. The number of piperidine rings is 1. The average molecular weight is 447 g/mol. The molecule has 0 saturated carbocycles. The Morgan fingerprint density at radius 1 is 1.39 bits per heavy atom. The van der Waals surface area contributed by atoms with Crippen molar-refractivity contribution in [2.45, 2.75) is 70.6 Å². The van der Waals surface area contributed by atoms with Crippen LogP contribution in [0.15, 0.2) is 12.3 Å². The van der Waals surface area contributed by atoms with Gasteiger partial charge in [-0.2, -0.15) is 0 Å². The minimum absolute atomic E-state index is 0.0932. The zero-order valence-electron chi connectivity index (χ0n) is 18.6. The van der Waals surface area contributed by atoms with E-state index in [1.165, 1.54) is 10.4 Å². The Kier molecular flexibility index (Phi) is 6.41. The first kappa shape index (κ1) is 21.5. The van der Waals surface area contributed by atoms with E-state index in [-0.39, 0.29) is 11.8 Å². The molecule has 3 atom stereocenters. The van der Waals surface area contributed by atoms with E-state index in [1.54, 1.807) is 4.88 Å². The highest BCUT2D eigenvalue weighted by molar-refractivity contribution is 7.12. The largest absolute Gasteiger partial charge is 0.377 e. The number of hydrogen-bond acceptors (Lipinski definition) is 8. The van der Waals surface area contributed by atoms with Crippen LogP contribution in [-0.4, -0.2) is 65.0 Å². The van der Waals surface area contributed by atoms with E-state index >= 15 is 0 Å². The van der Waals surface area contributed by atoms with E-state index in [1.807, 2.05) is 16.0 Å². The number of likely N-dealkylation sites (tertiary alicyclic amines) is 1. The van der Waals surface area contributed by atoms with Crippen LogP contribution in [0.2, 0.25) is 0 Å². The van der Waals surface area contributed by atoms with Gasteiger partial charge in [-0.3, -0.25) is 15.5 Å². The van der Waals surface area contributed by atoms with Gasteiger partial charge in [0.1, 0.15) is 0 Å². The maximum Gasteiger partial charge on any atom is 0.0969 e. The van der Waals surface area contributed by atoms with Gasteiger partial charge in [0.2, 0.25) is 0 Å². The molecule has 31 heavy (non-hydrogen) atoms. The van der Waals surface area contributed by atoms with Crippen LogP contribution in [-0.2, 0) is 41.1 Å². The van der Waals surface area contributed by atoms with E-state index in [0.29, 0.717) is 19.3 Å². The highest BCUT2D eigenvalue weighted by atomic mass is 32.1. The second-order valence-corrected chi connectivity index (χ2v) is 10.2. The first-order valence-electron chi connectivity index (χ1n) is 11.6. The molecule has 9 heteroatoms. The predicted octanol–water partition coefficient (Wildman–Crippen LogP) is 1.85. The summed E-state index contributed by atoms with van der Waals surface area (Å²) in [5, 5.41) is 15.5. The molecule has 170 valence electrons. The third-order valence-electron chi connectivity index (χ3n) is 6.83. The quantitative estimate of drug-likeness (QED) is 0.701. The van der Waals surface area contributed by atoms with Gasteiger partial charge in [0.05, 0.1) is 50.1 Å². The molecule has 3 aliphatic rings. The minimum atomic E-state index is -0.0932. The molecule has 1 unspecified atom stereocenters. The lowest BCUT2D eigenvalue weighted by Crippen LogP contribution is -2.50. The van der Waals surface area contributed by atoms with Gasteiger partial charge < -0.3 is 9.47 Å². The van der Waals surface area contributed by atoms with Crippen molar-refractivity contribution in [3.63, 3.8) is 0 Å². The lowest BCUT2D eigenvalue weighted by atomic mass is 9.79. The number of aromatic nitrogens is 3. The fourth-order valence-electron chi connectivity index (χ4n) is 5.11. The van der Waals surface area contributed by atoms with Crippen molar-refractivity contribution in [2.75, 3.05) is 32.9 Å². The zero-order valence-corrected chi connectivity index (χ0v) is 19.4. The molecule has 2 saturated heterocycles. The van der Waals surface area contributed by atoms with Gasteiger partial charge in [-0.25, -0.2) is 4.68 Å². The second kappa shape index (κ2) is 9.25. The van der Waals surface area contributed by atoms with Crippen LogP contribution in [0, 0.1) is 0 Å². The maximum absolute atomic E-state index is 6.48. The molecule has 2 aromatic rings. The lowest BCUT2D eigenvalue weighted by Gasteiger charge is -2.47. The van der Waals surface area contributed by atoms with Gasteiger partial charge in [-0.05, 0) is 37.8 Å². The number of rotatable bonds is 6. The highest BCUT2D eigenvalue weighted by Crippen LogP contribution is 2.46. The van der Waals surface area contributed by atoms with E-state index in [2.05, 4.69) is 52.0 Å². The number of nitrogens with one attached hydrogen (secondary N) is 2. The first-order valence-corrected chi connectivity index (χ1v) is 12.4. The summed E-state index contributed by atoms with van der Waals surface area (Å²) in [7, 11) is 0. The smallest absolute Gasteiger partial charge is 0.0969 e. The molecule has 0 aliphatic carbocycles. The number of nitrogens with zero attached hydrogens (tertiary/aromatic N) is 4. The Labute approximate surface area is 188 Å². The van der Waals surface area contributed by atoms with Crippen LogP contribution in [0.4, 0.5) is 0 Å². The Balaban J connectivity index is 1.19. The molecule has 0 bridgehead atoms. The van der Waals surface area contributed by atoms with E-state index < -0.39 is 0 Å². The van der Waals surface area contributed by atoms with E-state index in [0.717, 1.165) is 64.2 Å². The predicted molar refractivity (Wildman–Crippen MR) is 120 cm³/mol. The van der Waals surface area contributed by atoms with Gasteiger partial charge in [0.25, 0.3) is 0 Å². The molecule has 0 radical (unpaired) electrons. The zero-order chi connectivity index (χ0) is 21.3. The Bertz CT molecular complexity index is 879. The summed E-state index contributed by atoms with van der Waals surface area (Å²) in [4.78, 5) is 5.57. The van der Waals surface area contributed by atoms with Crippen LogP contribution < -0.4 is 10.6 Å². The molecule has 2 aromatic heterocycles. The Morgan fingerprint density at radius 2 is 2.32 bits per heavy atom. The molecule has 0 amide bonds. The Morgan fingerprint density at radius 3 is 3.13 bits per heavy atom. The fourth-order valence-corrected chi connectivity index (χ4v) is 6.28. The van der Waals surface area contributed by atoms with E-state index in [4.69, 9.17) is 9.47 Å². The molecule has 8 nitrogen and oxygen atoms in total. The summed E-state index contributed by atoms with van der Waals surface area (Å²) in [6.45, 7) is 10.2. The third-order valence-corrected chi connectivity index (χ3v) is 8.17. The summed E-state index contributed by atoms with van der Waals surface area (Å²) in [6, 6.07) is 2.86. The number of fused-ring (bicyclic) bond motifs is 2. The Hall–Kier alpha value is -1.36. The summed E-state index contributed by atoms with van der Waals surface area (Å²) in [5.74, 6) is 0. The number of morpholine rings is 1. The third kappa shape index (κ3) is 4.58. The van der Waals surface area contributed by atoms with Crippen molar-refractivity contribution >= 4 is 11.3 Å². The van der Waals surface area contributed by atoms with Crippen LogP contribution >= 0.6 is 11.3 Å². The SMILES string of the molecule is CCc1cc2c(s1)CCO[C@@]21CCN(Cc2cn(CNC3COCCN3)nn2)[C@@H](C)C1. The van der Waals surface area contributed by atoms with Crippen LogP contribution in [0.25, 0.3) is 0 Å². The molecule has 3 aliphatic heterocycles. The summed E-state index contributed by atoms with van der Waals surface area (Å²) >= 11 is 1.99. The number of thiophene rings is 1. The van der Waals surface area contributed by atoms with Crippen LogP contribution in [0.5, 0.6) is 0 Å². The molecular weight excluding hydrogens is 412 g/mol. The first-order chi connectivity index (χ1) is 15.1. The number of ether oxygens (including phenoxy) is 2. The normalized spacial score (nSPS) is 29.4. The lowest BCUT2D eigenvalue weighted by molar-refractivity contribution is -0.112. The molecule has 5 rings (SSSR count). The average Bonchev–Trinajstić information content (AvgIpc) is 3.43. The van der Waals surface area contributed by atoms with Crippen molar-refractivity contribution in [1.82, 2.24) is 30.5 Å². The molecule has 5 heterocycles. The highest BCUT2D eigenvalue weighted by Gasteiger charge is 2.44. The van der Waals surface area contributed by atoms with Crippen molar-refractivity contribution < 1.29 is 9.47 Å². The molecule has 1 spiro atoms. The maximum atomic E-state index is 6.48. The molecule has 2 fully saturated rings. The molecule has 0 aromatic carbocycles. The number of aryl methyl sites for hydroxylation is 1. The van der Waals surface area contributed by atoms with Crippen molar-refractivity contribution in [3.8, 4) is 0 Å². The fraction of sp³-hybridized carbons (Fsp3) is 0.727. The topological polar surface area (TPSA) is 76.5 Å². The van der Waals surface area contributed by atoms with Gasteiger partial charge >= 0.3 is 0 Å². The van der Waals surface area contributed by atoms with Gasteiger partial charge in [-0.15, -0.1) is 16.4 Å². The van der Waals surface area contributed by atoms with Crippen molar-refractivity contribution in [2.24, 2.45) is 0 Å². The van der Waals surface area contributed by atoms with Crippen molar-refractivity contribution in [3.05, 3.63) is 33.3 Å². The minimum Gasteiger partial charge on any atom is -0.377 e. The summed E-state index contributed by atoms with van der Waals surface area (Å²) in [6.07, 6.45) is 6.50. The van der Waals surface area contributed by atoms with Crippen LogP contribution in [0.1, 0.15) is 47.7 Å². The molecular formula is C22H34N6O2S. The molecule has 2 N–H and O–H groups in total. The second-order valence-electron chi connectivity index (χ2n) is 8.96. The van der Waals surface area contributed by atoms with Crippen LogP contribution in [0.3, 0.4) is 0 Å².